The molecule has 1 aliphatic rings. The predicted octanol–water partition coefficient (Wildman–Crippen LogP) is 2.64. The van der Waals surface area contributed by atoms with Crippen LogP contribution >= 0.6 is 11.5 Å². The highest BCUT2D eigenvalue weighted by atomic mass is 32.1. The standard InChI is InChI=1S/C11H9NO2S/c13-11-14-10(12-15-11)9-5-3-8(4-6-9)7-1-2-7/h3-7H,1-2H2. The van der Waals surface area contributed by atoms with E-state index in [9.17, 15) is 4.79 Å². The van der Waals surface area contributed by atoms with Crippen LogP contribution in [0.15, 0.2) is 33.5 Å². The number of hydrogen-bond acceptors (Lipinski definition) is 4. The molecule has 1 saturated carbocycles. The molecule has 0 saturated heterocycles. The fourth-order valence-corrected chi connectivity index (χ4v) is 2.04. The van der Waals surface area contributed by atoms with Crippen molar-refractivity contribution in [3.8, 4) is 11.5 Å². The summed E-state index contributed by atoms with van der Waals surface area (Å²) in [6.07, 6.45) is 2.59. The first-order chi connectivity index (χ1) is 7.33. The van der Waals surface area contributed by atoms with Crippen LogP contribution in [0.3, 0.4) is 0 Å². The van der Waals surface area contributed by atoms with E-state index in [0.29, 0.717) is 5.89 Å². The van der Waals surface area contributed by atoms with Gasteiger partial charge in [0.05, 0.1) is 11.5 Å². The Balaban J connectivity index is 1.95. The molecule has 1 aromatic heterocycles. The van der Waals surface area contributed by atoms with Gasteiger partial charge in [0.2, 0.25) is 5.89 Å². The van der Waals surface area contributed by atoms with E-state index in [4.69, 9.17) is 4.42 Å². The van der Waals surface area contributed by atoms with E-state index in [1.54, 1.807) is 0 Å². The lowest BCUT2D eigenvalue weighted by Crippen LogP contribution is -1.83. The first-order valence-electron chi connectivity index (χ1n) is 4.90. The maximum atomic E-state index is 10.8. The van der Waals surface area contributed by atoms with E-state index in [0.717, 1.165) is 23.0 Å². The molecule has 0 bridgehead atoms. The van der Waals surface area contributed by atoms with Crippen LogP contribution in [0, 0.1) is 0 Å². The maximum absolute atomic E-state index is 10.8. The molecule has 76 valence electrons. The molecule has 1 heterocycles. The molecule has 4 heteroatoms. The average molecular weight is 219 g/mol. The molecule has 0 unspecified atom stereocenters. The zero-order chi connectivity index (χ0) is 10.3. The normalized spacial score (nSPS) is 15.5. The monoisotopic (exact) mass is 219 g/mol. The largest absolute Gasteiger partial charge is 0.414 e. The van der Waals surface area contributed by atoms with Gasteiger partial charge in [-0.1, -0.05) is 12.1 Å². The molecule has 0 aliphatic heterocycles. The summed E-state index contributed by atoms with van der Waals surface area (Å²) in [4.78, 5) is 10.5. The molecule has 0 radical (unpaired) electrons. The van der Waals surface area contributed by atoms with E-state index in [1.807, 2.05) is 12.1 Å². The van der Waals surface area contributed by atoms with E-state index < -0.39 is 0 Å². The van der Waals surface area contributed by atoms with Gasteiger partial charge in [-0.25, -0.2) is 4.79 Å². The second-order valence-electron chi connectivity index (χ2n) is 3.74. The van der Waals surface area contributed by atoms with Crippen LogP contribution in [0.1, 0.15) is 24.3 Å². The second-order valence-corrected chi connectivity index (χ2v) is 4.43. The highest BCUT2D eigenvalue weighted by Crippen LogP contribution is 2.40. The first kappa shape index (κ1) is 8.85. The lowest BCUT2D eigenvalue weighted by Gasteiger charge is -1.98. The van der Waals surface area contributed by atoms with E-state index in [2.05, 4.69) is 16.5 Å². The smallest absolute Gasteiger partial charge is 0.394 e. The van der Waals surface area contributed by atoms with Crippen molar-refractivity contribution in [2.75, 3.05) is 0 Å². The fraction of sp³-hybridized carbons (Fsp3) is 0.273. The molecule has 0 N–H and O–H groups in total. The van der Waals surface area contributed by atoms with Crippen LogP contribution in [0.2, 0.25) is 0 Å². The van der Waals surface area contributed by atoms with Gasteiger partial charge in [0.1, 0.15) is 0 Å². The summed E-state index contributed by atoms with van der Waals surface area (Å²) < 4.78 is 8.88. The van der Waals surface area contributed by atoms with Gasteiger partial charge in [-0.05, 0) is 36.5 Å². The van der Waals surface area contributed by atoms with E-state index in [1.165, 1.54) is 18.4 Å². The predicted molar refractivity (Wildman–Crippen MR) is 58.1 cm³/mol. The minimum absolute atomic E-state index is 0.351. The molecule has 3 rings (SSSR count). The van der Waals surface area contributed by atoms with Crippen molar-refractivity contribution in [1.29, 1.82) is 0 Å². The van der Waals surface area contributed by atoms with Crippen LogP contribution in [-0.4, -0.2) is 4.37 Å². The van der Waals surface area contributed by atoms with Crippen molar-refractivity contribution in [2.45, 2.75) is 18.8 Å². The van der Waals surface area contributed by atoms with Crippen molar-refractivity contribution < 1.29 is 4.42 Å². The summed E-state index contributed by atoms with van der Waals surface area (Å²) >= 11 is 0.850. The third kappa shape index (κ3) is 1.72. The Hall–Kier alpha value is -1.42. The summed E-state index contributed by atoms with van der Waals surface area (Å²) in [5, 5.41) is 0. The molecule has 15 heavy (non-hydrogen) atoms. The topological polar surface area (TPSA) is 43.1 Å². The molecule has 3 nitrogen and oxygen atoms in total. The number of nitrogens with zero attached hydrogens (tertiary/aromatic N) is 1. The molecule has 1 aliphatic carbocycles. The second kappa shape index (κ2) is 3.31. The lowest BCUT2D eigenvalue weighted by atomic mass is 10.1. The Labute approximate surface area is 90.5 Å². The molecular formula is C11H9NO2S. The highest BCUT2D eigenvalue weighted by Gasteiger charge is 2.23. The van der Waals surface area contributed by atoms with Gasteiger partial charge < -0.3 is 4.42 Å². The van der Waals surface area contributed by atoms with Gasteiger partial charge in [-0.15, -0.1) is 4.37 Å². The van der Waals surface area contributed by atoms with E-state index >= 15 is 0 Å². The minimum atomic E-state index is -0.351. The van der Waals surface area contributed by atoms with Crippen LogP contribution in [0.25, 0.3) is 11.5 Å². The van der Waals surface area contributed by atoms with Gasteiger partial charge >= 0.3 is 4.94 Å². The molecule has 0 amide bonds. The van der Waals surface area contributed by atoms with Crippen molar-refractivity contribution in [3.05, 3.63) is 39.6 Å². The minimum Gasteiger partial charge on any atom is -0.394 e. The van der Waals surface area contributed by atoms with Crippen molar-refractivity contribution in [1.82, 2.24) is 4.37 Å². The fourth-order valence-electron chi connectivity index (χ4n) is 1.62. The summed E-state index contributed by atoms with van der Waals surface area (Å²) in [5.41, 5.74) is 2.24. The molecular weight excluding hydrogens is 210 g/mol. The summed E-state index contributed by atoms with van der Waals surface area (Å²) in [6, 6.07) is 8.11. The zero-order valence-corrected chi connectivity index (χ0v) is 8.79. The number of aromatic nitrogens is 1. The first-order valence-corrected chi connectivity index (χ1v) is 5.67. The Morgan fingerprint density at radius 3 is 2.53 bits per heavy atom. The van der Waals surface area contributed by atoms with Crippen molar-refractivity contribution in [2.24, 2.45) is 0 Å². The summed E-state index contributed by atoms with van der Waals surface area (Å²) in [6.45, 7) is 0. The van der Waals surface area contributed by atoms with Gasteiger partial charge in [0, 0.05) is 5.56 Å². The van der Waals surface area contributed by atoms with Crippen molar-refractivity contribution >= 4 is 11.5 Å². The van der Waals surface area contributed by atoms with Crippen LogP contribution in [0.5, 0.6) is 0 Å². The maximum Gasteiger partial charge on any atom is 0.414 e. The quantitative estimate of drug-likeness (QED) is 0.779. The number of rotatable bonds is 2. The summed E-state index contributed by atoms with van der Waals surface area (Å²) in [7, 11) is 0. The number of hydrogen-bond donors (Lipinski definition) is 0. The lowest BCUT2D eigenvalue weighted by molar-refractivity contribution is 0.543. The van der Waals surface area contributed by atoms with Crippen LogP contribution in [-0.2, 0) is 0 Å². The average Bonchev–Trinajstić information content (AvgIpc) is 3.02. The van der Waals surface area contributed by atoms with Gasteiger partial charge in [-0.3, -0.25) is 0 Å². The van der Waals surface area contributed by atoms with Gasteiger partial charge in [0.25, 0.3) is 0 Å². The molecule has 1 fully saturated rings. The Morgan fingerprint density at radius 1 is 1.27 bits per heavy atom. The van der Waals surface area contributed by atoms with Crippen LogP contribution in [0.4, 0.5) is 0 Å². The third-order valence-electron chi connectivity index (χ3n) is 2.59. The highest BCUT2D eigenvalue weighted by molar-refractivity contribution is 7.02. The molecule has 2 aromatic rings. The SMILES string of the molecule is O=c1oc(-c2ccc(C3CC3)cc2)ns1. The number of benzene rings is 1. The van der Waals surface area contributed by atoms with Crippen molar-refractivity contribution in [3.63, 3.8) is 0 Å². The van der Waals surface area contributed by atoms with E-state index in [-0.39, 0.29) is 4.94 Å². The zero-order valence-electron chi connectivity index (χ0n) is 7.97. The molecule has 1 aromatic carbocycles. The van der Waals surface area contributed by atoms with Gasteiger partial charge in [0.15, 0.2) is 0 Å². The Kier molecular flexibility index (Phi) is 1.95. The van der Waals surface area contributed by atoms with Gasteiger partial charge in [-0.2, -0.15) is 0 Å². The Bertz CT molecular complexity index is 522. The van der Waals surface area contributed by atoms with Crippen LogP contribution < -0.4 is 4.94 Å². The molecule has 0 atom stereocenters. The summed E-state index contributed by atoms with van der Waals surface area (Å²) in [5.74, 6) is 1.17. The molecule has 0 spiro atoms. The third-order valence-corrected chi connectivity index (χ3v) is 3.08. The Morgan fingerprint density at radius 2 is 2.00 bits per heavy atom.